The molecule has 1 unspecified atom stereocenters. The first-order valence-electron chi connectivity index (χ1n) is 13.7. The maximum absolute atomic E-state index is 13.9. The van der Waals surface area contributed by atoms with Crippen LogP contribution in [-0.2, 0) is 20.8 Å². The number of rotatable bonds is 8. The number of carbonyl (C=O) groups excluding carboxylic acids is 3. The van der Waals surface area contributed by atoms with E-state index in [1.165, 1.54) is 12.7 Å². The smallest absolute Gasteiger partial charge is 0.319 e. The van der Waals surface area contributed by atoms with Crippen molar-refractivity contribution in [2.24, 2.45) is 4.99 Å². The Morgan fingerprint density at radius 3 is 2.74 bits per heavy atom. The third-order valence-corrected chi connectivity index (χ3v) is 8.10. The molecule has 3 aliphatic rings. The first kappa shape index (κ1) is 25.1. The average Bonchev–Trinajstić information content (AvgIpc) is 3.63. The van der Waals surface area contributed by atoms with Crippen molar-refractivity contribution in [2.45, 2.75) is 51.9 Å². The number of hydrogen-bond acceptors (Lipinski definition) is 6. The lowest BCUT2D eigenvalue weighted by Crippen LogP contribution is -2.54. The molecule has 3 aliphatic heterocycles. The van der Waals surface area contributed by atoms with Gasteiger partial charge in [0, 0.05) is 52.7 Å². The van der Waals surface area contributed by atoms with Crippen molar-refractivity contribution in [1.29, 1.82) is 0 Å². The Balaban J connectivity index is 1.49. The van der Waals surface area contributed by atoms with E-state index in [1.807, 2.05) is 12.1 Å². The molecule has 5 heterocycles. The SMILES string of the molecule is CCCCCCCC(=O)[N+]12CC=NC=C(C3=C(c4cncc5ccoc45)C(=O)NC3=O)c3cccc(c31)CC2. The number of aromatic nitrogens is 1. The quantitative estimate of drug-likeness (QED) is 0.251. The van der Waals surface area contributed by atoms with Crippen molar-refractivity contribution in [3.63, 3.8) is 0 Å². The number of benzene rings is 1. The monoisotopic (exact) mass is 523 g/mol. The number of fused-ring (bicyclic) bond motifs is 1. The summed E-state index contributed by atoms with van der Waals surface area (Å²) in [7, 11) is 0. The Bertz CT molecular complexity index is 1590. The van der Waals surface area contributed by atoms with Crippen LogP contribution in [0, 0.1) is 0 Å². The minimum absolute atomic E-state index is 0.177. The Kier molecular flexibility index (Phi) is 6.56. The zero-order valence-corrected chi connectivity index (χ0v) is 22.0. The highest BCUT2D eigenvalue weighted by molar-refractivity contribution is 6.41. The first-order valence-corrected chi connectivity index (χ1v) is 13.7. The summed E-state index contributed by atoms with van der Waals surface area (Å²) in [4.78, 5) is 49.3. The largest absolute Gasteiger partial charge is 0.464 e. The van der Waals surface area contributed by atoms with Crippen molar-refractivity contribution in [2.75, 3.05) is 13.1 Å². The van der Waals surface area contributed by atoms with Gasteiger partial charge in [0.2, 0.25) is 0 Å². The van der Waals surface area contributed by atoms with Crippen molar-refractivity contribution in [3.8, 4) is 0 Å². The molecule has 1 N–H and O–H groups in total. The van der Waals surface area contributed by atoms with E-state index in [0.717, 1.165) is 54.3 Å². The van der Waals surface area contributed by atoms with Gasteiger partial charge in [-0.1, -0.05) is 44.7 Å². The highest BCUT2D eigenvalue weighted by Crippen LogP contribution is 2.46. The number of para-hydroxylation sites is 1. The highest BCUT2D eigenvalue weighted by atomic mass is 16.3. The van der Waals surface area contributed by atoms with Crippen LogP contribution >= 0.6 is 0 Å². The number of amides is 3. The van der Waals surface area contributed by atoms with Crippen LogP contribution in [0.15, 0.2) is 64.1 Å². The molecule has 0 saturated heterocycles. The minimum atomic E-state index is -0.510. The van der Waals surface area contributed by atoms with E-state index in [9.17, 15) is 14.4 Å². The lowest BCUT2D eigenvalue weighted by Gasteiger charge is -2.33. The van der Waals surface area contributed by atoms with Crippen molar-refractivity contribution in [1.82, 2.24) is 14.8 Å². The number of imide groups is 1. The summed E-state index contributed by atoms with van der Waals surface area (Å²) in [6, 6.07) is 7.72. The van der Waals surface area contributed by atoms with Gasteiger partial charge in [-0.15, -0.1) is 0 Å². The topological polar surface area (TPSA) is 102 Å². The fourth-order valence-corrected chi connectivity index (χ4v) is 6.19. The van der Waals surface area contributed by atoms with Crippen molar-refractivity contribution < 1.29 is 18.8 Å². The second-order valence-electron chi connectivity index (χ2n) is 10.4. The number of hydrogen-bond donors (Lipinski definition) is 1. The molecule has 6 rings (SSSR count). The zero-order valence-electron chi connectivity index (χ0n) is 22.0. The van der Waals surface area contributed by atoms with Crippen LogP contribution in [0.1, 0.15) is 62.1 Å². The second-order valence-corrected chi connectivity index (χ2v) is 10.4. The lowest BCUT2D eigenvalue weighted by molar-refractivity contribution is -0.129. The maximum atomic E-state index is 13.9. The van der Waals surface area contributed by atoms with Gasteiger partial charge in [-0.25, -0.2) is 9.28 Å². The van der Waals surface area contributed by atoms with Gasteiger partial charge >= 0.3 is 5.91 Å². The fourth-order valence-electron chi connectivity index (χ4n) is 6.19. The molecule has 2 aromatic heterocycles. The van der Waals surface area contributed by atoms with Crippen LogP contribution in [0.2, 0.25) is 0 Å². The van der Waals surface area contributed by atoms with Gasteiger partial charge in [0.05, 0.1) is 36.6 Å². The minimum Gasteiger partial charge on any atom is -0.464 e. The third kappa shape index (κ3) is 4.15. The van der Waals surface area contributed by atoms with Crippen molar-refractivity contribution in [3.05, 3.63) is 71.4 Å². The van der Waals surface area contributed by atoms with Crippen LogP contribution in [0.3, 0.4) is 0 Å². The molecular weight excluding hydrogens is 492 g/mol. The number of unbranched alkanes of at least 4 members (excludes halogenated alkanes) is 4. The fraction of sp³-hybridized carbons (Fsp3) is 0.323. The summed E-state index contributed by atoms with van der Waals surface area (Å²) in [5.41, 5.74) is 4.64. The molecule has 0 aliphatic carbocycles. The number of carbonyl (C=O) groups is 3. The lowest BCUT2D eigenvalue weighted by atomic mass is 9.89. The molecular formula is C31H31N4O4+. The van der Waals surface area contributed by atoms with Gasteiger partial charge in [0.15, 0.2) is 5.69 Å². The van der Waals surface area contributed by atoms with E-state index >= 15 is 0 Å². The zero-order chi connectivity index (χ0) is 27.0. The van der Waals surface area contributed by atoms with E-state index in [2.05, 4.69) is 28.3 Å². The number of aliphatic imine (C=N–C) groups is 1. The molecule has 198 valence electrons. The van der Waals surface area contributed by atoms with Crippen molar-refractivity contribution >= 4 is 51.7 Å². The molecule has 0 spiro atoms. The summed E-state index contributed by atoms with van der Waals surface area (Å²) >= 11 is 0. The summed E-state index contributed by atoms with van der Waals surface area (Å²) in [5, 5.41) is 3.20. The molecule has 0 radical (unpaired) electrons. The number of furan rings is 1. The molecule has 3 aromatic rings. The summed E-state index contributed by atoms with van der Waals surface area (Å²) in [6.07, 6.45) is 14.8. The van der Waals surface area contributed by atoms with Gasteiger partial charge in [0.1, 0.15) is 12.1 Å². The van der Waals surface area contributed by atoms with Gasteiger partial charge in [-0.3, -0.25) is 24.9 Å². The van der Waals surface area contributed by atoms with Gasteiger partial charge in [-0.05, 0) is 18.6 Å². The van der Waals surface area contributed by atoms with E-state index < -0.39 is 11.8 Å². The predicted molar refractivity (Wildman–Crippen MR) is 151 cm³/mol. The molecule has 0 bridgehead atoms. The molecule has 0 saturated carbocycles. The molecule has 3 amide bonds. The predicted octanol–water partition coefficient (Wildman–Crippen LogP) is 5.11. The standard InChI is InChI=1S/C31H30N4O4/c1-2-3-4-5-6-10-25(36)35-14-11-20-8-7-9-22(28(20)35)23(18-32-13-15-35)26-27(31(38)34-30(26)37)24-19-33-17-21-12-16-39-29(21)24/h7-9,12-13,16-19H,2-6,10-11,14-15H2,1H3/p+1. The van der Waals surface area contributed by atoms with Crippen LogP contribution in [0.25, 0.3) is 22.1 Å². The molecule has 8 nitrogen and oxygen atoms in total. The van der Waals surface area contributed by atoms with Gasteiger partial charge in [0.25, 0.3) is 11.8 Å². The molecule has 8 heteroatoms. The van der Waals surface area contributed by atoms with Crippen LogP contribution < -0.4 is 9.80 Å². The number of nitrogens with zero attached hydrogens (tertiary/aromatic N) is 3. The Morgan fingerprint density at radius 2 is 1.87 bits per heavy atom. The Hall–Kier alpha value is -4.17. The number of nitrogens with one attached hydrogen (secondary N) is 1. The van der Waals surface area contributed by atoms with Crippen LogP contribution in [0.4, 0.5) is 5.69 Å². The van der Waals surface area contributed by atoms with Gasteiger partial charge in [-0.2, -0.15) is 0 Å². The summed E-state index contributed by atoms with van der Waals surface area (Å²) < 4.78 is 5.88. The summed E-state index contributed by atoms with van der Waals surface area (Å²) in [5.74, 6) is -0.836. The molecule has 0 fully saturated rings. The van der Waals surface area contributed by atoms with Crippen LogP contribution in [0.5, 0.6) is 0 Å². The van der Waals surface area contributed by atoms with E-state index in [-0.39, 0.29) is 21.5 Å². The normalized spacial score (nSPS) is 20.2. The first-order chi connectivity index (χ1) is 19.0. The highest BCUT2D eigenvalue weighted by Gasteiger charge is 2.47. The summed E-state index contributed by atoms with van der Waals surface area (Å²) in [6.45, 7) is 3.31. The van der Waals surface area contributed by atoms with Gasteiger partial charge < -0.3 is 4.42 Å². The van der Waals surface area contributed by atoms with E-state index in [1.54, 1.807) is 30.9 Å². The molecule has 1 aromatic carbocycles. The Labute approximate surface area is 226 Å². The third-order valence-electron chi connectivity index (χ3n) is 8.10. The molecule has 1 atom stereocenters. The van der Waals surface area contributed by atoms with E-state index in [4.69, 9.17) is 4.42 Å². The number of pyridine rings is 1. The second kappa shape index (κ2) is 10.2. The molecule has 39 heavy (non-hydrogen) atoms. The maximum Gasteiger partial charge on any atom is 0.319 e. The number of quaternary nitrogens is 1. The average molecular weight is 524 g/mol. The van der Waals surface area contributed by atoms with E-state index in [0.29, 0.717) is 36.2 Å². The Morgan fingerprint density at radius 1 is 1.03 bits per heavy atom. The van der Waals surface area contributed by atoms with Crippen LogP contribution in [-0.4, -0.2) is 42.0 Å².